The molecular weight excluding hydrogens is 466 g/mol. The van der Waals surface area contributed by atoms with E-state index in [2.05, 4.69) is 94.0 Å². The number of aromatic amines is 1. The Morgan fingerprint density at radius 3 is 2.18 bits per heavy atom. The first-order valence-electron chi connectivity index (χ1n) is 13.7. The highest BCUT2D eigenvalue weighted by atomic mass is 16.3. The van der Waals surface area contributed by atoms with Crippen molar-refractivity contribution in [2.24, 2.45) is 4.99 Å². The molecule has 0 spiro atoms. The van der Waals surface area contributed by atoms with Crippen LogP contribution in [0.25, 0.3) is 12.2 Å². The van der Waals surface area contributed by atoms with E-state index >= 15 is 0 Å². The molecule has 0 radical (unpaired) electrons. The first kappa shape index (κ1) is 34.5. The molecule has 4 heteroatoms. The van der Waals surface area contributed by atoms with Gasteiger partial charge in [-0.05, 0) is 68.6 Å². The van der Waals surface area contributed by atoms with Gasteiger partial charge in [-0.3, -0.25) is 4.99 Å². The van der Waals surface area contributed by atoms with Crippen LogP contribution in [0.15, 0.2) is 89.3 Å². The monoisotopic (exact) mass is 517 g/mol. The number of hydrogen-bond acceptors (Lipinski definition) is 3. The largest absolute Gasteiger partial charge is 0.494 e. The third-order valence-electron chi connectivity index (χ3n) is 5.80. The topological polar surface area (TPSA) is 60.4 Å². The Hall–Kier alpha value is -3.53. The Morgan fingerprint density at radius 2 is 1.68 bits per heavy atom. The van der Waals surface area contributed by atoms with Gasteiger partial charge >= 0.3 is 0 Å². The molecule has 0 saturated heterocycles. The third kappa shape index (κ3) is 11.7. The molecule has 1 aromatic heterocycles. The molecular formula is C34H51N3O. The lowest BCUT2D eigenvalue weighted by Gasteiger charge is -2.08. The number of allylic oxidation sites excluding steroid dienone is 9. The van der Waals surface area contributed by atoms with Gasteiger partial charge in [-0.25, -0.2) is 0 Å². The second-order valence-electron chi connectivity index (χ2n) is 8.97. The van der Waals surface area contributed by atoms with Gasteiger partial charge in [-0.15, -0.1) is 0 Å². The summed E-state index contributed by atoms with van der Waals surface area (Å²) in [6, 6.07) is 0. The maximum absolute atomic E-state index is 10.8. The van der Waals surface area contributed by atoms with Crippen LogP contribution >= 0.6 is 0 Å². The zero-order valence-corrected chi connectivity index (χ0v) is 25.2. The molecule has 4 nitrogen and oxygen atoms in total. The number of H-pyrrole nitrogens is 1. The zero-order valence-electron chi connectivity index (χ0n) is 25.2. The van der Waals surface area contributed by atoms with Crippen molar-refractivity contribution in [2.75, 3.05) is 7.05 Å². The lowest BCUT2D eigenvalue weighted by atomic mass is 9.97. The predicted octanol–water partition coefficient (Wildman–Crippen LogP) is 7.91. The van der Waals surface area contributed by atoms with Gasteiger partial charge in [0.25, 0.3) is 0 Å². The number of likely N-dealkylation sites (N-methyl/N-ethyl adjacent to an activating group) is 1. The minimum absolute atomic E-state index is 0.0801. The van der Waals surface area contributed by atoms with Crippen LogP contribution in [0.5, 0.6) is 5.88 Å². The fourth-order valence-electron chi connectivity index (χ4n) is 3.50. The van der Waals surface area contributed by atoms with Crippen molar-refractivity contribution in [3.63, 3.8) is 0 Å². The van der Waals surface area contributed by atoms with E-state index in [1.54, 1.807) is 13.1 Å². The summed E-state index contributed by atoms with van der Waals surface area (Å²) in [4.78, 5) is 7.70. The second-order valence-corrected chi connectivity index (χ2v) is 8.97. The minimum atomic E-state index is 0.0801. The van der Waals surface area contributed by atoms with Crippen LogP contribution in [0.3, 0.4) is 0 Å². The summed E-state index contributed by atoms with van der Waals surface area (Å²) >= 11 is 0. The number of aromatic hydroxyl groups is 1. The van der Waals surface area contributed by atoms with E-state index in [1.165, 1.54) is 12.8 Å². The number of aliphatic imine (C=N–C) groups is 1. The Labute approximate surface area is 232 Å². The summed E-state index contributed by atoms with van der Waals surface area (Å²) in [6.07, 6.45) is 21.7. The first-order valence-corrected chi connectivity index (χ1v) is 13.7. The van der Waals surface area contributed by atoms with Gasteiger partial charge in [-0.1, -0.05) is 97.1 Å². The van der Waals surface area contributed by atoms with Gasteiger partial charge in [0.2, 0.25) is 0 Å². The molecule has 3 N–H and O–H groups in total. The van der Waals surface area contributed by atoms with E-state index in [0.29, 0.717) is 17.0 Å². The zero-order chi connectivity index (χ0) is 29.1. The molecule has 0 aliphatic rings. The number of hydrogen-bond donors (Lipinski definition) is 3. The highest BCUT2D eigenvalue weighted by Gasteiger charge is 2.13. The predicted molar refractivity (Wildman–Crippen MR) is 171 cm³/mol. The number of aromatic nitrogens is 1. The van der Waals surface area contributed by atoms with Gasteiger partial charge in [0.15, 0.2) is 5.88 Å². The summed E-state index contributed by atoms with van der Waals surface area (Å²) in [7, 11) is 1.81. The highest BCUT2D eigenvalue weighted by molar-refractivity contribution is 6.02. The van der Waals surface area contributed by atoms with Crippen molar-refractivity contribution in [1.82, 2.24) is 10.3 Å². The quantitative estimate of drug-likeness (QED) is 0.184. The molecule has 0 bridgehead atoms. The third-order valence-corrected chi connectivity index (χ3v) is 5.80. The van der Waals surface area contributed by atoms with Crippen LogP contribution in [0.2, 0.25) is 0 Å². The summed E-state index contributed by atoms with van der Waals surface area (Å²) in [5.74, 6) is 0.0801. The molecule has 208 valence electrons. The number of rotatable bonds is 13. The van der Waals surface area contributed by atoms with E-state index in [9.17, 15) is 5.11 Å². The van der Waals surface area contributed by atoms with Crippen LogP contribution in [-0.2, 0) is 0 Å². The van der Waals surface area contributed by atoms with Gasteiger partial charge in [0.05, 0.1) is 17.0 Å². The van der Waals surface area contributed by atoms with Crippen molar-refractivity contribution in [1.29, 1.82) is 0 Å². The van der Waals surface area contributed by atoms with E-state index in [4.69, 9.17) is 0 Å². The maximum atomic E-state index is 10.8. The van der Waals surface area contributed by atoms with Gasteiger partial charge < -0.3 is 15.4 Å². The molecule has 38 heavy (non-hydrogen) atoms. The van der Waals surface area contributed by atoms with E-state index in [0.717, 1.165) is 52.2 Å². The van der Waals surface area contributed by atoms with E-state index < -0.39 is 0 Å². The van der Waals surface area contributed by atoms with Crippen LogP contribution < -0.4 is 15.9 Å². The van der Waals surface area contributed by atoms with E-state index in [-0.39, 0.29) is 5.88 Å². The smallest absolute Gasteiger partial charge is 0.198 e. The average molecular weight is 518 g/mol. The second kappa shape index (κ2) is 19.6. The van der Waals surface area contributed by atoms with Crippen molar-refractivity contribution in [3.8, 4) is 5.88 Å². The van der Waals surface area contributed by atoms with Crippen LogP contribution in [0, 0.1) is 0 Å². The fourth-order valence-corrected chi connectivity index (χ4v) is 3.50. The number of nitrogens with one attached hydrogen (secondary N) is 2. The first-order chi connectivity index (χ1) is 18.1. The van der Waals surface area contributed by atoms with Crippen molar-refractivity contribution in [2.45, 2.75) is 80.6 Å². The van der Waals surface area contributed by atoms with Crippen molar-refractivity contribution in [3.05, 3.63) is 100 Å². The van der Waals surface area contributed by atoms with Crippen LogP contribution in [0.4, 0.5) is 0 Å². The number of unbranched alkanes of at least 4 members (excludes halogenated alkanes) is 2. The van der Waals surface area contributed by atoms with Gasteiger partial charge in [0, 0.05) is 23.3 Å². The van der Waals surface area contributed by atoms with Crippen molar-refractivity contribution < 1.29 is 5.11 Å². The molecule has 0 unspecified atom stereocenters. The average Bonchev–Trinajstić information content (AvgIpc) is 3.22. The van der Waals surface area contributed by atoms with Crippen LogP contribution in [0.1, 0.15) is 86.1 Å². The molecule has 0 saturated carbocycles. The Balaban J connectivity index is 0.00000318. The van der Waals surface area contributed by atoms with Crippen molar-refractivity contribution >= 4 is 17.9 Å². The molecule has 0 aromatic carbocycles. The summed E-state index contributed by atoms with van der Waals surface area (Å²) in [5, 5.41) is 15.4. The Morgan fingerprint density at radius 1 is 1.03 bits per heavy atom. The molecule has 0 fully saturated rings. The van der Waals surface area contributed by atoms with Gasteiger partial charge in [-0.2, -0.15) is 0 Å². The summed E-state index contributed by atoms with van der Waals surface area (Å²) < 4.78 is 0. The van der Waals surface area contributed by atoms with E-state index in [1.807, 2.05) is 32.1 Å². The summed E-state index contributed by atoms with van der Waals surface area (Å²) in [5.41, 5.74) is 5.91. The molecule has 1 heterocycles. The molecule has 0 atom stereocenters. The van der Waals surface area contributed by atoms with Crippen LogP contribution in [-0.4, -0.2) is 22.8 Å². The molecule has 1 aromatic rings. The lowest BCUT2D eigenvalue weighted by molar-refractivity contribution is 0.455. The normalized spacial score (nSPS) is 14.0. The molecule has 0 aliphatic heterocycles. The fraction of sp³-hybridized carbons (Fsp3) is 0.382. The SMILES string of the molecule is C=CC(/C(=C\CC)/C=c1/c(C(C)=NC(=C)/C=C\C(=C)NC)c(O)[nH]/c1=C/C)=C(C)\C=C/CCC.CCCC. The lowest BCUT2D eigenvalue weighted by Crippen LogP contribution is -2.26. The standard InChI is InChI=1S/C30H41N3O.C4H10/c1-10-14-15-17-21(5)26(12-3)25(16-11-2)20-27-28(13-4)33-30(34)29(27)24(8)32-23(7)19-18-22(6)31-9;1-3-4-2/h12-13,15-20,31,33-34H,3,6-7,10-11,14H2,1-2,4-5,8-9H3;3-4H2,1-2H3/b17-15-,19-18-,25-16-,26-21+,27-20+,28-13+,32-24?;. The molecule has 1 rings (SSSR count). The maximum Gasteiger partial charge on any atom is 0.198 e. The highest BCUT2D eigenvalue weighted by Crippen LogP contribution is 2.20. The Kier molecular flexibility index (Phi) is 17.7. The summed E-state index contributed by atoms with van der Waals surface area (Å²) in [6.45, 7) is 26.5. The Bertz CT molecular complexity index is 1190. The molecule has 0 amide bonds. The molecule has 0 aliphatic carbocycles. The minimum Gasteiger partial charge on any atom is -0.494 e. The van der Waals surface area contributed by atoms with Gasteiger partial charge in [0.1, 0.15) is 0 Å². The number of nitrogens with zero attached hydrogens (tertiary/aromatic N) is 1.